The number of aromatic nitrogens is 1. The molecule has 7 heteroatoms. The van der Waals surface area contributed by atoms with Crippen LogP contribution in [0.4, 0.5) is 22.0 Å². The maximum Gasteiger partial charge on any atom is 0.329 e. The van der Waals surface area contributed by atoms with Crippen molar-refractivity contribution in [2.75, 3.05) is 61.0 Å². The molecule has 7 nitrogen and oxygen atoms in total. The van der Waals surface area contributed by atoms with Crippen molar-refractivity contribution in [2.45, 2.75) is 31.3 Å². The number of anilines is 3. The van der Waals surface area contributed by atoms with Gasteiger partial charge in [-0.15, -0.1) is 0 Å². The minimum Gasteiger partial charge on any atom is -0.385 e. The molecule has 1 aromatic heterocycles. The minimum atomic E-state index is -0.702. The van der Waals surface area contributed by atoms with Gasteiger partial charge in [-0.3, -0.25) is 9.80 Å². The molecule has 0 bridgehead atoms. The molecule has 2 aliphatic heterocycles. The van der Waals surface area contributed by atoms with Crippen LogP contribution in [0.25, 0.3) is 0 Å². The number of aliphatic hydroxyl groups is 1. The van der Waals surface area contributed by atoms with E-state index in [1.54, 1.807) is 0 Å². The molecule has 0 atom stereocenters. The Kier molecular flexibility index (Phi) is 5.32. The molecule has 0 radical (unpaired) electrons. The SMILES string of the molecule is CN1CCN(c2ncccc2N2CCN(c3ccc(C4(O)CCCC4)cc3)C2=O)CC1. The molecule has 1 aromatic carbocycles. The van der Waals surface area contributed by atoms with Crippen molar-refractivity contribution in [3.8, 4) is 0 Å². The Hall–Kier alpha value is -2.64. The van der Waals surface area contributed by atoms with Crippen LogP contribution in [-0.4, -0.2) is 67.3 Å². The number of pyridine rings is 1. The number of rotatable bonds is 4. The third-order valence-corrected chi connectivity index (χ3v) is 7.02. The van der Waals surface area contributed by atoms with Crippen molar-refractivity contribution >= 4 is 23.2 Å². The molecule has 2 saturated heterocycles. The summed E-state index contributed by atoms with van der Waals surface area (Å²) in [5, 5.41) is 10.8. The van der Waals surface area contributed by atoms with Gasteiger partial charge in [-0.1, -0.05) is 25.0 Å². The standard InChI is InChI=1S/C24H31N5O2/c1-26-13-15-27(16-14-26)22-21(5-4-12-25-22)29-18-17-28(23(29)30)20-8-6-19(7-9-20)24(31)10-2-3-11-24/h4-9,12,31H,2-3,10-11,13-18H2,1H3. The third kappa shape index (κ3) is 3.77. The lowest BCUT2D eigenvalue weighted by Gasteiger charge is -2.35. The summed E-state index contributed by atoms with van der Waals surface area (Å²) in [6, 6.07) is 11.8. The van der Waals surface area contributed by atoms with Crippen LogP contribution in [0, 0.1) is 0 Å². The Morgan fingerprint density at radius 3 is 2.29 bits per heavy atom. The van der Waals surface area contributed by atoms with Crippen LogP contribution in [0.1, 0.15) is 31.2 Å². The Morgan fingerprint density at radius 2 is 1.58 bits per heavy atom. The van der Waals surface area contributed by atoms with E-state index in [1.165, 1.54) is 0 Å². The number of urea groups is 1. The summed E-state index contributed by atoms with van der Waals surface area (Å²) in [5.74, 6) is 0.893. The van der Waals surface area contributed by atoms with Crippen molar-refractivity contribution in [1.29, 1.82) is 0 Å². The third-order valence-electron chi connectivity index (χ3n) is 7.02. The number of nitrogens with zero attached hydrogens (tertiary/aromatic N) is 5. The number of carbonyl (C=O) groups is 1. The number of hydrogen-bond acceptors (Lipinski definition) is 5. The van der Waals surface area contributed by atoms with Crippen LogP contribution in [0.15, 0.2) is 42.6 Å². The first kappa shape index (κ1) is 20.3. The van der Waals surface area contributed by atoms with Gasteiger partial charge in [0.1, 0.15) is 0 Å². The number of carbonyl (C=O) groups excluding carboxylic acids is 1. The van der Waals surface area contributed by atoms with E-state index >= 15 is 0 Å². The highest BCUT2D eigenvalue weighted by molar-refractivity contribution is 6.07. The molecule has 164 valence electrons. The largest absolute Gasteiger partial charge is 0.385 e. The van der Waals surface area contributed by atoms with Crippen molar-refractivity contribution in [1.82, 2.24) is 9.88 Å². The molecule has 3 fully saturated rings. The highest BCUT2D eigenvalue weighted by Crippen LogP contribution is 2.39. The van der Waals surface area contributed by atoms with Crippen molar-refractivity contribution in [3.63, 3.8) is 0 Å². The monoisotopic (exact) mass is 421 g/mol. The summed E-state index contributed by atoms with van der Waals surface area (Å²) in [7, 11) is 2.13. The first-order valence-electron chi connectivity index (χ1n) is 11.4. The van der Waals surface area contributed by atoms with E-state index in [2.05, 4.69) is 21.8 Å². The summed E-state index contributed by atoms with van der Waals surface area (Å²) in [6.45, 7) is 5.09. The van der Waals surface area contributed by atoms with E-state index < -0.39 is 5.60 Å². The topological polar surface area (TPSA) is 63.1 Å². The number of likely N-dealkylation sites (N-methyl/N-ethyl adjacent to an activating group) is 1. The molecular formula is C24H31N5O2. The van der Waals surface area contributed by atoms with Gasteiger partial charge in [0.05, 0.1) is 11.3 Å². The van der Waals surface area contributed by atoms with E-state index in [1.807, 2.05) is 52.4 Å². The molecule has 3 heterocycles. The van der Waals surface area contributed by atoms with Crippen LogP contribution in [0.5, 0.6) is 0 Å². The quantitative estimate of drug-likeness (QED) is 0.822. The average Bonchev–Trinajstić information content (AvgIpc) is 3.41. The van der Waals surface area contributed by atoms with Crippen LogP contribution in [-0.2, 0) is 5.60 Å². The highest BCUT2D eigenvalue weighted by Gasteiger charge is 2.35. The number of benzene rings is 1. The van der Waals surface area contributed by atoms with E-state index in [-0.39, 0.29) is 6.03 Å². The maximum atomic E-state index is 13.3. The van der Waals surface area contributed by atoms with Crippen LogP contribution in [0.3, 0.4) is 0 Å². The summed E-state index contributed by atoms with van der Waals surface area (Å²) in [5.41, 5.74) is 2.02. The predicted octanol–water partition coefficient (Wildman–Crippen LogP) is 3.04. The van der Waals surface area contributed by atoms with Gasteiger partial charge >= 0.3 is 6.03 Å². The fourth-order valence-corrected chi connectivity index (χ4v) is 5.06. The fraction of sp³-hybridized carbons (Fsp3) is 0.500. The zero-order valence-corrected chi connectivity index (χ0v) is 18.2. The van der Waals surface area contributed by atoms with Gasteiger partial charge in [0.25, 0.3) is 0 Å². The number of amides is 2. The summed E-state index contributed by atoms with van der Waals surface area (Å²) in [4.78, 5) is 26.2. The Labute approximate surface area is 183 Å². The lowest BCUT2D eigenvalue weighted by molar-refractivity contribution is 0.0445. The molecule has 5 rings (SSSR count). The van der Waals surface area contributed by atoms with E-state index in [4.69, 9.17) is 0 Å². The second-order valence-corrected chi connectivity index (χ2v) is 9.01. The molecule has 31 heavy (non-hydrogen) atoms. The smallest absolute Gasteiger partial charge is 0.329 e. The maximum absolute atomic E-state index is 13.3. The summed E-state index contributed by atoms with van der Waals surface area (Å²) < 4.78 is 0. The predicted molar refractivity (Wildman–Crippen MR) is 123 cm³/mol. The van der Waals surface area contributed by atoms with Gasteiger partial charge in [-0.25, -0.2) is 9.78 Å². The van der Waals surface area contributed by atoms with Gasteiger partial charge in [0, 0.05) is 51.2 Å². The molecule has 3 aliphatic rings. The van der Waals surface area contributed by atoms with Gasteiger partial charge in [-0.2, -0.15) is 0 Å². The Bertz CT molecular complexity index is 933. The minimum absolute atomic E-state index is 0.0179. The lowest BCUT2D eigenvalue weighted by atomic mass is 9.92. The molecule has 0 unspecified atom stereocenters. The van der Waals surface area contributed by atoms with Crippen molar-refractivity contribution in [2.24, 2.45) is 0 Å². The summed E-state index contributed by atoms with van der Waals surface area (Å²) in [6.07, 6.45) is 5.58. The van der Waals surface area contributed by atoms with E-state index in [0.717, 1.165) is 74.6 Å². The van der Waals surface area contributed by atoms with Gasteiger partial charge in [0.2, 0.25) is 0 Å². The average molecular weight is 422 g/mol. The highest BCUT2D eigenvalue weighted by atomic mass is 16.3. The van der Waals surface area contributed by atoms with Crippen LogP contribution < -0.4 is 14.7 Å². The van der Waals surface area contributed by atoms with Crippen molar-refractivity contribution < 1.29 is 9.90 Å². The van der Waals surface area contributed by atoms with Gasteiger partial charge in [-0.05, 0) is 49.7 Å². The molecule has 1 aliphatic carbocycles. The van der Waals surface area contributed by atoms with Crippen molar-refractivity contribution in [3.05, 3.63) is 48.2 Å². The van der Waals surface area contributed by atoms with Crippen LogP contribution >= 0.6 is 0 Å². The Morgan fingerprint density at radius 1 is 0.903 bits per heavy atom. The molecule has 2 amide bonds. The molecule has 1 N–H and O–H groups in total. The first-order chi connectivity index (χ1) is 15.0. The molecule has 1 saturated carbocycles. The second-order valence-electron chi connectivity index (χ2n) is 9.01. The number of hydrogen-bond donors (Lipinski definition) is 1. The van der Waals surface area contributed by atoms with Crippen LogP contribution in [0.2, 0.25) is 0 Å². The van der Waals surface area contributed by atoms with E-state index in [9.17, 15) is 9.90 Å². The normalized spacial score (nSPS) is 21.9. The zero-order valence-electron chi connectivity index (χ0n) is 18.2. The molecular weight excluding hydrogens is 390 g/mol. The molecule has 0 spiro atoms. The van der Waals surface area contributed by atoms with E-state index in [0.29, 0.717) is 13.1 Å². The second kappa shape index (κ2) is 8.13. The lowest BCUT2D eigenvalue weighted by Crippen LogP contribution is -2.45. The first-order valence-corrected chi connectivity index (χ1v) is 11.4. The fourth-order valence-electron chi connectivity index (χ4n) is 5.06. The van der Waals surface area contributed by atoms with Gasteiger partial charge < -0.3 is 14.9 Å². The Balaban J connectivity index is 1.35. The zero-order chi connectivity index (χ0) is 21.4. The number of piperazine rings is 1. The van der Waals surface area contributed by atoms with Gasteiger partial charge in [0.15, 0.2) is 5.82 Å². The summed E-state index contributed by atoms with van der Waals surface area (Å²) >= 11 is 0. The molecule has 2 aromatic rings.